The lowest BCUT2D eigenvalue weighted by Crippen LogP contribution is -2.40. The summed E-state index contributed by atoms with van der Waals surface area (Å²) in [7, 11) is -3.82. The highest BCUT2D eigenvalue weighted by atomic mass is 35.5. The summed E-state index contributed by atoms with van der Waals surface area (Å²) < 4.78 is 32.2. The largest absolute Gasteiger partial charge is 0.379 e. The highest BCUT2D eigenvalue weighted by Crippen LogP contribution is 2.28. The van der Waals surface area contributed by atoms with Gasteiger partial charge in [-0.2, -0.15) is 14.7 Å². The fourth-order valence-electron chi connectivity index (χ4n) is 2.71. The highest BCUT2D eigenvalue weighted by molar-refractivity contribution is 7.89. The lowest BCUT2D eigenvalue weighted by molar-refractivity contribution is -0.384. The molecule has 0 bridgehead atoms. The number of anilines is 1. The Morgan fingerprint density at radius 2 is 1.90 bits per heavy atom. The summed E-state index contributed by atoms with van der Waals surface area (Å²) in [4.78, 5) is 10.1. The van der Waals surface area contributed by atoms with Crippen LogP contribution in [0.4, 0.5) is 11.4 Å². The molecule has 156 valence electrons. The van der Waals surface area contributed by atoms with E-state index in [-0.39, 0.29) is 34.4 Å². The maximum Gasteiger partial charge on any atom is 0.269 e. The average molecular weight is 450 g/mol. The van der Waals surface area contributed by atoms with E-state index in [0.717, 1.165) is 0 Å². The van der Waals surface area contributed by atoms with Crippen LogP contribution in [0, 0.1) is 21.4 Å². The predicted molar refractivity (Wildman–Crippen MR) is 110 cm³/mol. The van der Waals surface area contributed by atoms with Gasteiger partial charge in [-0.25, -0.2) is 8.42 Å². The zero-order valence-corrected chi connectivity index (χ0v) is 17.1. The second-order valence-electron chi connectivity index (χ2n) is 6.15. The lowest BCUT2D eigenvalue weighted by atomic mass is 10.1. The molecule has 1 heterocycles. The molecule has 0 atom stereocenters. The smallest absolute Gasteiger partial charge is 0.269 e. The van der Waals surface area contributed by atoms with Crippen LogP contribution in [0.2, 0.25) is 5.02 Å². The molecule has 0 radical (unpaired) electrons. The van der Waals surface area contributed by atoms with Gasteiger partial charge in [0.05, 0.1) is 28.8 Å². The van der Waals surface area contributed by atoms with Crippen LogP contribution in [0.1, 0.15) is 5.56 Å². The Hall–Kier alpha value is -3.04. The van der Waals surface area contributed by atoms with Crippen molar-refractivity contribution in [2.75, 3.05) is 31.7 Å². The molecule has 0 spiro atoms. The van der Waals surface area contributed by atoms with Crippen molar-refractivity contribution in [1.82, 2.24) is 4.31 Å². The number of nitrogens with zero attached hydrogens (tertiary/aromatic N) is 4. The summed E-state index contributed by atoms with van der Waals surface area (Å²) in [5.74, 6) is 0. The van der Waals surface area contributed by atoms with Crippen LogP contribution in [-0.4, -0.2) is 49.7 Å². The Morgan fingerprint density at radius 1 is 1.23 bits per heavy atom. The van der Waals surface area contributed by atoms with E-state index in [1.54, 1.807) is 0 Å². The number of sulfonamides is 1. The molecule has 3 rings (SSSR count). The number of nitro groups is 1. The Kier molecular flexibility index (Phi) is 6.63. The molecule has 12 heteroatoms. The number of halogens is 1. The molecule has 0 saturated carbocycles. The van der Waals surface area contributed by atoms with Crippen molar-refractivity contribution in [2.24, 2.45) is 5.10 Å². The minimum Gasteiger partial charge on any atom is -0.379 e. The molecule has 1 N–H and O–H groups in total. The Balaban J connectivity index is 1.85. The van der Waals surface area contributed by atoms with Gasteiger partial charge in [0.1, 0.15) is 11.0 Å². The minimum atomic E-state index is -3.82. The number of nitro benzene ring substituents is 1. The van der Waals surface area contributed by atoms with E-state index in [1.807, 2.05) is 6.07 Å². The topological polar surface area (TPSA) is 138 Å². The lowest BCUT2D eigenvalue weighted by Gasteiger charge is -2.26. The van der Waals surface area contributed by atoms with E-state index in [1.165, 1.54) is 46.8 Å². The number of nitriles is 1. The Labute approximate surface area is 177 Å². The number of morpholine rings is 1. The van der Waals surface area contributed by atoms with Gasteiger partial charge in [-0.1, -0.05) is 11.6 Å². The molecule has 1 aliphatic rings. The molecule has 0 amide bonds. The van der Waals surface area contributed by atoms with Crippen molar-refractivity contribution < 1.29 is 18.1 Å². The summed E-state index contributed by atoms with van der Waals surface area (Å²) in [6.45, 7) is 1.07. The van der Waals surface area contributed by atoms with Crippen molar-refractivity contribution in [1.29, 1.82) is 5.26 Å². The van der Waals surface area contributed by atoms with E-state index in [9.17, 15) is 23.8 Å². The monoisotopic (exact) mass is 449 g/mol. The summed E-state index contributed by atoms with van der Waals surface area (Å²) in [6.07, 6.45) is 0. The molecule has 0 aromatic heterocycles. The number of hydrogen-bond donors (Lipinski definition) is 1. The Morgan fingerprint density at radius 3 is 2.50 bits per heavy atom. The molecule has 1 aliphatic heterocycles. The first-order valence-corrected chi connectivity index (χ1v) is 10.5. The van der Waals surface area contributed by atoms with E-state index in [0.29, 0.717) is 24.5 Å². The van der Waals surface area contributed by atoms with Crippen LogP contribution < -0.4 is 5.43 Å². The van der Waals surface area contributed by atoms with Crippen LogP contribution in [0.3, 0.4) is 0 Å². The fraction of sp³-hybridized carbons (Fsp3) is 0.222. The Bertz CT molecular complexity index is 1120. The van der Waals surface area contributed by atoms with Gasteiger partial charge >= 0.3 is 0 Å². The van der Waals surface area contributed by atoms with Crippen molar-refractivity contribution in [2.45, 2.75) is 4.90 Å². The van der Waals surface area contributed by atoms with E-state index < -0.39 is 14.9 Å². The third-order valence-electron chi connectivity index (χ3n) is 4.27. The first kappa shape index (κ1) is 21.7. The van der Waals surface area contributed by atoms with Crippen molar-refractivity contribution in [3.63, 3.8) is 0 Å². The van der Waals surface area contributed by atoms with Crippen molar-refractivity contribution in [3.8, 4) is 6.07 Å². The second-order valence-corrected chi connectivity index (χ2v) is 8.46. The number of rotatable bonds is 6. The molecular formula is C18H16ClN5O5S. The predicted octanol–water partition coefficient (Wildman–Crippen LogP) is 2.61. The van der Waals surface area contributed by atoms with E-state index in [4.69, 9.17) is 16.3 Å². The van der Waals surface area contributed by atoms with Gasteiger partial charge in [-0.15, -0.1) is 0 Å². The quantitative estimate of drug-likeness (QED) is 0.406. The first-order valence-electron chi connectivity index (χ1n) is 8.69. The van der Waals surface area contributed by atoms with Gasteiger partial charge in [0.25, 0.3) is 5.69 Å². The maximum atomic E-state index is 12.9. The average Bonchev–Trinajstić information content (AvgIpc) is 2.76. The standard InChI is InChI=1S/C18H16ClN5O5S/c19-16-6-3-14(11-18(16)30(27,28)23-7-9-29-10-8-23)21-22-17(12-20)13-1-4-15(5-2-13)24(25)26/h1-6,11,21H,7-10H2. The van der Waals surface area contributed by atoms with Gasteiger partial charge in [-0.05, 0) is 30.3 Å². The van der Waals surface area contributed by atoms with Gasteiger partial charge < -0.3 is 4.74 Å². The van der Waals surface area contributed by atoms with Crippen LogP contribution in [-0.2, 0) is 14.8 Å². The fourth-order valence-corrected chi connectivity index (χ4v) is 4.62. The summed E-state index contributed by atoms with van der Waals surface area (Å²) in [6, 6.07) is 11.5. The number of ether oxygens (including phenoxy) is 1. The number of hydrogen-bond acceptors (Lipinski definition) is 8. The van der Waals surface area contributed by atoms with Crippen LogP contribution in [0.25, 0.3) is 0 Å². The van der Waals surface area contributed by atoms with Gasteiger partial charge in [0.2, 0.25) is 10.0 Å². The summed E-state index contributed by atoms with van der Waals surface area (Å²) >= 11 is 6.12. The van der Waals surface area contributed by atoms with Crippen LogP contribution >= 0.6 is 11.6 Å². The zero-order valence-electron chi connectivity index (χ0n) is 15.5. The van der Waals surface area contributed by atoms with Crippen molar-refractivity contribution >= 4 is 38.7 Å². The molecule has 2 aromatic rings. The molecule has 1 fully saturated rings. The summed E-state index contributed by atoms with van der Waals surface area (Å²) in [5, 5.41) is 24.1. The highest BCUT2D eigenvalue weighted by Gasteiger charge is 2.28. The van der Waals surface area contributed by atoms with Gasteiger partial charge in [0, 0.05) is 30.8 Å². The SMILES string of the molecule is N#CC(=NNc1ccc(Cl)c(S(=O)(=O)N2CCOCC2)c1)c1ccc([N+](=O)[O-])cc1. The van der Waals surface area contributed by atoms with Crippen molar-refractivity contribution in [3.05, 3.63) is 63.2 Å². The molecule has 30 heavy (non-hydrogen) atoms. The number of hydrazone groups is 1. The number of nitrogens with one attached hydrogen (secondary N) is 1. The number of benzene rings is 2. The molecule has 2 aromatic carbocycles. The molecule has 1 saturated heterocycles. The zero-order chi connectivity index (χ0) is 21.7. The van der Waals surface area contributed by atoms with Gasteiger partial charge in [-0.3, -0.25) is 15.5 Å². The molecule has 0 unspecified atom stereocenters. The molecular weight excluding hydrogens is 434 g/mol. The second kappa shape index (κ2) is 9.19. The third kappa shape index (κ3) is 4.74. The molecule has 0 aliphatic carbocycles. The minimum absolute atomic E-state index is 0.0302. The van der Waals surface area contributed by atoms with Crippen LogP contribution in [0.15, 0.2) is 52.5 Å². The van der Waals surface area contributed by atoms with Gasteiger partial charge in [0.15, 0.2) is 5.71 Å². The summed E-state index contributed by atoms with van der Waals surface area (Å²) in [5.41, 5.74) is 3.17. The van der Waals surface area contributed by atoms with E-state index in [2.05, 4.69) is 10.5 Å². The number of non-ortho nitro benzene ring substituents is 1. The normalized spacial score (nSPS) is 15.4. The third-order valence-corrected chi connectivity index (χ3v) is 6.65. The van der Waals surface area contributed by atoms with Crippen LogP contribution in [0.5, 0.6) is 0 Å². The van der Waals surface area contributed by atoms with E-state index >= 15 is 0 Å². The maximum absolute atomic E-state index is 12.9. The first-order chi connectivity index (χ1) is 14.3. The molecule has 10 nitrogen and oxygen atoms in total.